The molecule has 0 saturated carbocycles. The molecule has 0 N–H and O–H groups in total. The Morgan fingerprint density at radius 3 is 1.90 bits per heavy atom. The standard InChI is InChI=1S/C33H32N4O.Pt/c1-23-17-31-32(18-24(23)2)36(21-34(31)5)25-11-9-13-27(19-25)38-28-14-10-12-26(20-28)37-22-35(6)33(3,4)29-15-7-8-16-30(29)37;/h7-18,21-22H,1-6H3;/q-4;+4. The van der Waals surface area contributed by atoms with Crippen molar-refractivity contribution in [2.45, 2.75) is 33.2 Å². The molecule has 6 rings (SSSR count). The summed E-state index contributed by atoms with van der Waals surface area (Å²) in [7, 11) is 4.18. The molecular weight excluding hydrogens is 663 g/mol. The third-order valence-corrected chi connectivity index (χ3v) is 7.76. The molecule has 0 amide bonds. The van der Waals surface area contributed by atoms with E-state index >= 15 is 0 Å². The molecule has 2 aliphatic heterocycles. The molecule has 39 heavy (non-hydrogen) atoms. The van der Waals surface area contributed by atoms with E-state index in [2.05, 4.69) is 135 Å². The van der Waals surface area contributed by atoms with Crippen LogP contribution in [0.4, 0.5) is 28.4 Å². The van der Waals surface area contributed by atoms with E-state index in [0.29, 0.717) is 11.5 Å². The van der Waals surface area contributed by atoms with Gasteiger partial charge in [-0.15, -0.1) is 47.8 Å². The van der Waals surface area contributed by atoms with E-state index in [4.69, 9.17) is 4.74 Å². The Labute approximate surface area is 246 Å². The molecule has 0 aromatic heterocycles. The van der Waals surface area contributed by atoms with Gasteiger partial charge in [-0.2, -0.15) is 25.5 Å². The average Bonchev–Trinajstić information content (AvgIpc) is 3.22. The Morgan fingerprint density at radius 2 is 1.26 bits per heavy atom. The van der Waals surface area contributed by atoms with E-state index in [9.17, 15) is 0 Å². The smallest absolute Gasteiger partial charge is 0.509 e. The summed E-state index contributed by atoms with van der Waals surface area (Å²) in [6, 6.07) is 31.9. The first kappa shape index (κ1) is 27.3. The van der Waals surface area contributed by atoms with Crippen molar-refractivity contribution in [3.63, 3.8) is 0 Å². The Kier molecular flexibility index (Phi) is 7.26. The van der Waals surface area contributed by atoms with Gasteiger partial charge in [-0.3, -0.25) is 0 Å². The fourth-order valence-electron chi connectivity index (χ4n) is 5.10. The number of ether oxygens (including phenoxy) is 1. The van der Waals surface area contributed by atoms with E-state index in [-0.39, 0.29) is 26.6 Å². The third kappa shape index (κ3) is 4.83. The van der Waals surface area contributed by atoms with Crippen molar-refractivity contribution in [2.24, 2.45) is 0 Å². The molecule has 0 atom stereocenters. The Morgan fingerprint density at radius 1 is 0.692 bits per heavy atom. The first-order chi connectivity index (χ1) is 18.2. The van der Waals surface area contributed by atoms with Crippen molar-refractivity contribution in [1.82, 2.24) is 4.90 Å². The number of hydrogen-bond donors (Lipinski definition) is 0. The van der Waals surface area contributed by atoms with Crippen molar-refractivity contribution in [3.05, 3.63) is 115 Å². The maximum Gasteiger partial charge on any atom is 4.00 e. The van der Waals surface area contributed by atoms with Gasteiger partial charge in [0.05, 0.1) is 0 Å². The quantitative estimate of drug-likeness (QED) is 0.203. The summed E-state index contributed by atoms with van der Waals surface area (Å²) >= 11 is 0. The van der Waals surface area contributed by atoms with Crippen LogP contribution < -0.4 is 19.4 Å². The third-order valence-electron chi connectivity index (χ3n) is 7.76. The molecule has 5 nitrogen and oxygen atoms in total. The zero-order valence-electron chi connectivity index (χ0n) is 23.1. The van der Waals surface area contributed by atoms with Crippen molar-refractivity contribution >= 4 is 28.4 Å². The molecule has 0 saturated heterocycles. The summed E-state index contributed by atoms with van der Waals surface area (Å²) in [5.41, 5.74) is 9.03. The van der Waals surface area contributed by atoms with Crippen LogP contribution in [0.25, 0.3) is 0 Å². The molecule has 4 aromatic rings. The number of fused-ring (bicyclic) bond motifs is 2. The molecular formula is C33H32N4OPt. The van der Waals surface area contributed by atoms with Gasteiger partial charge in [-0.1, -0.05) is 18.2 Å². The van der Waals surface area contributed by atoms with E-state index < -0.39 is 0 Å². The number of rotatable bonds is 4. The Bertz CT molecular complexity index is 1520. The topological polar surface area (TPSA) is 22.2 Å². The number of benzene rings is 4. The molecule has 2 aliphatic rings. The van der Waals surface area contributed by atoms with Crippen LogP contribution in [0.5, 0.6) is 11.5 Å². The number of para-hydroxylation sites is 1. The maximum atomic E-state index is 6.30. The Balaban J connectivity index is 0.00000308. The van der Waals surface area contributed by atoms with Crippen LogP contribution in [0, 0.1) is 39.3 Å². The molecule has 0 aliphatic carbocycles. The van der Waals surface area contributed by atoms with Crippen molar-refractivity contribution in [2.75, 3.05) is 28.8 Å². The second-order valence-electron chi connectivity index (χ2n) is 10.6. The predicted octanol–water partition coefficient (Wildman–Crippen LogP) is 7.84. The molecule has 0 fully saturated rings. The minimum atomic E-state index is -0.104. The molecule has 0 radical (unpaired) electrons. The fraction of sp³-hybridized carbons (Fsp3) is 0.212. The zero-order valence-corrected chi connectivity index (χ0v) is 25.4. The number of anilines is 5. The molecule has 0 unspecified atom stereocenters. The SMILES string of the molecule is Cc1cc2c(cc1C)N(c1[c-]c(Oc3[c-]c(N4[CH-]N(C)C(C)(C)c5ccccc54)ccc3)ccc1)[CH-]N2C.[Pt+4]. The van der Waals surface area contributed by atoms with Crippen LogP contribution >= 0.6 is 0 Å². The number of aryl methyl sites for hydroxylation is 2. The summed E-state index contributed by atoms with van der Waals surface area (Å²) in [6.07, 6.45) is 0. The summed E-state index contributed by atoms with van der Waals surface area (Å²) < 4.78 is 6.30. The molecule has 0 spiro atoms. The van der Waals surface area contributed by atoms with Crippen molar-refractivity contribution in [1.29, 1.82) is 0 Å². The minimum Gasteiger partial charge on any atom is -0.509 e. The van der Waals surface area contributed by atoms with Gasteiger partial charge in [-0.25, -0.2) is 0 Å². The Hall–Kier alpha value is -3.27. The molecule has 200 valence electrons. The van der Waals surface area contributed by atoms with Crippen molar-refractivity contribution in [3.8, 4) is 11.5 Å². The number of hydrogen-bond acceptors (Lipinski definition) is 5. The van der Waals surface area contributed by atoms with Gasteiger partial charge in [0.25, 0.3) is 0 Å². The summed E-state index contributed by atoms with van der Waals surface area (Å²) in [4.78, 5) is 8.71. The first-order valence-corrected chi connectivity index (χ1v) is 12.9. The number of nitrogens with zero attached hydrogens (tertiary/aromatic N) is 4. The monoisotopic (exact) mass is 695 g/mol. The van der Waals surface area contributed by atoms with Gasteiger partial charge in [0.15, 0.2) is 0 Å². The van der Waals surface area contributed by atoms with Crippen LogP contribution in [0.3, 0.4) is 0 Å². The van der Waals surface area contributed by atoms with Gasteiger partial charge >= 0.3 is 21.1 Å². The van der Waals surface area contributed by atoms with Crippen LogP contribution in [0.1, 0.15) is 30.5 Å². The largest absolute Gasteiger partial charge is 4.00 e. The van der Waals surface area contributed by atoms with Crippen LogP contribution in [0.2, 0.25) is 0 Å². The average molecular weight is 696 g/mol. The van der Waals surface area contributed by atoms with Gasteiger partial charge < -0.3 is 24.3 Å². The van der Waals surface area contributed by atoms with E-state index in [0.717, 1.165) is 22.7 Å². The summed E-state index contributed by atoms with van der Waals surface area (Å²) in [5, 5.41) is 0. The van der Waals surface area contributed by atoms with Crippen LogP contribution in [-0.2, 0) is 26.6 Å². The van der Waals surface area contributed by atoms with Crippen LogP contribution in [-0.4, -0.2) is 19.0 Å². The van der Waals surface area contributed by atoms with Gasteiger partial charge in [0, 0.05) is 34.1 Å². The maximum absolute atomic E-state index is 6.30. The van der Waals surface area contributed by atoms with Crippen LogP contribution in [0.15, 0.2) is 72.8 Å². The normalized spacial score (nSPS) is 16.0. The molecule has 0 bridgehead atoms. The minimum absolute atomic E-state index is 0. The van der Waals surface area contributed by atoms with E-state index in [1.807, 2.05) is 24.3 Å². The van der Waals surface area contributed by atoms with Gasteiger partial charge in [0.2, 0.25) is 0 Å². The van der Waals surface area contributed by atoms with Crippen molar-refractivity contribution < 1.29 is 25.8 Å². The molecule has 2 heterocycles. The summed E-state index contributed by atoms with van der Waals surface area (Å²) in [6.45, 7) is 13.0. The second-order valence-corrected chi connectivity index (χ2v) is 10.6. The predicted molar refractivity (Wildman–Crippen MR) is 155 cm³/mol. The summed E-state index contributed by atoms with van der Waals surface area (Å²) in [5.74, 6) is 1.29. The fourth-order valence-corrected chi connectivity index (χ4v) is 5.10. The van der Waals surface area contributed by atoms with Gasteiger partial charge in [-0.05, 0) is 76.7 Å². The second kappa shape index (κ2) is 10.4. The van der Waals surface area contributed by atoms with Gasteiger partial charge in [0.1, 0.15) is 0 Å². The molecule has 6 heteroatoms. The van der Waals surface area contributed by atoms with E-state index in [1.54, 1.807) is 0 Å². The van der Waals surface area contributed by atoms with E-state index in [1.165, 1.54) is 22.4 Å². The first-order valence-electron chi connectivity index (χ1n) is 12.9. The zero-order chi connectivity index (χ0) is 26.6. The molecule has 4 aromatic carbocycles.